The Bertz CT molecular complexity index is 723. The van der Waals surface area contributed by atoms with Crippen molar-refractivity contribution in [2.75, 3.05) is 19.5 Å². The number of ether oxygens (including phenoxy) is 2. The summed E-state index contributed by atoms with van der Waals surface area (Å²) in [4.78, 5) is 13.4. The second-order valence-electron chi connectivity index (χ2n) is 4.89. The van der Waals surface area contributed by atoms with Crippen LogP contribution >= 0.6 is 35.0 Å². The van der Waals surface area contributed by atoms with Gasteiger partial charge in [0.1, 0.15) is 11.5 Å². The van der Waals surface area contributed by atoms with Crippen LogP contribution in [0, 0.1) is 0 Å². The lowest BCUT2D eigenvalue weighted by atomic mass is 10.2. The molecule has 0 aliphatic heterocycles. The van der Waals surface area contributed by atoms with E-state index >= 15 is 0 Å². The maximum atomic E-state index is 12.4. The van der Waals surface area contributed by atoms with Crippen LogP contribution in [0.4, 0.5) is 5.69 Å². The molecule has 24 heavy (non-hydrogen) atoms. The summed E-state index contributed by atoms with van der Waals surface area (Å²) >= 11 is 13.4. The van der Waals surface area contributed by atoms with E-state index in [9.17, 15) is 4.79 Å². The van der Waals surface area contributed by atoms with Crippen molar-refractivity contribution in [2.24, 2.45) is 0 Å². The van der Waals surface area contributed by atoms with E-state index in [0.717, 1.165) is 4.90 Å². The van der Waals surface area contributed by atoms with Crippen LogP contribution in [0.15, 0.2) is 41.3 Å². The zero-order valence-corrected chi connectivity index (χ0v) is 15.8. The van der Waals surface area contributed by atoms with Gasteiger partial charge in [-0.15, -0.1) is 11.8 Å². The van der Waals surface area contributed by atoms with Crippen molar-refractivity contribution in [3.05, 3.63) is 46.4 Å². The summed E-state index contributed by atoms with van der Waals surface area (Å²) in [7, 11) is 3.04. The van der Waals surface area contributed by atoms with E-state index in [1.165, 1.54) is 26.0 Å². The Morgan fingerprint density at radius 2 is 1.71 bits per heavy atom. The van der Waals surface area contributed by atoms with Crippen LogP contribution < -0.4 is 14.8 Å². The number of amides is 1. The van der Waals surface area contributed by atoms with E-state index < -0.39 is 0 Å². The lowest BCUT2D eigenvalue weighted by molar-refractivity contribution is -0.115. The molecule has 2 rings (SSSR count). The first-order valence-electron chi connectivity index (χ1n) is 7.09. The average Bonchev–Trinajstić information content (AvgIpc) is 2.57. The molecule has 0 aromatic heterocycles. The summed E-state index contributed by atoms with van der Waals surface area (Å²) in [6, 6.07) is 10.6. The number of rotatable bonds is 6. The van der Waals surface area contributed by atoms with Crippen LogP contribution in [-0.4, -0.2) is 25.4 Å². The van der Waals surface area contributed by atoms with Gasteiger partial charge in [-0.1, -0.05) is 23.2 Å². The monoisotopic (exact) mass is 385 g/mol. The minimum absolute atomic E-state index is 0.158. The van der Waals surface area contributed by atoms with Gasteiger partial charge in [0.25, 0.3) is 0 Å². The Labute approximate surface area is 155 Å². The number of benzene rings is 2. The van der Waals surface area contributed by atoms with Gasteiger partial charge in [0, 0.05) is 16.0 Å². The van der Waals surface area contributed by atoms with Crippen LogP contribution in [0.25, 0.3) is 0 Å². The summed E-state index contributed by atoms with van der Waals surface area (Å²) in [5.74, 6) is 0.804. The molecule has 0 saturated carbocycles. The number of methoxy groups -OCH3 is 2. The third kappa shape index (κ3) is 4.72. The summed E-state index contributed by atoms with van der Waals surface area (Å²) in [5, 5.41) is 3.58. The minimum atomic E-state index is -0.309. The smallest absolute Gasteiger partial charge is 0.237 e. The van der Waals surface area contributed by atoms with Crippen LogP contribution in [-0.2, 0) is 4.79 Å². The zero-order chi connectivity index (χ0) is 17.7. The zero-order valence-electron chi connectivity index (χ0n) is 13.4. The molecular weight excluding hydrogens is 369 g/mol. The highest BCUT2D eigenvalue weighted by molar-refractivity contribution is 8.00. The number of carbonyl (C=O) groups is 1. The van der Waals surface area contributed by atoms with Gasteiger partial charge < -0.3 is 14.8 Å². The van der Waals surface area contributed by atoms with Crippen molar-refractivity contribution in [3.8, 4) is 11.5 Å². The molecule has 7 heteroatoms. The summed E-state index contributed by atoms with van der Waals surface area (Å²) in [5.41, 5.74) is 0.497. The third-order valence-corrected chi connectivity index (χ3v) is 4.89. The fourth-order valence-corrected chi connectivity index (χ4v) is 3.20. The predicted octanol–water partition coefficient (Wildman–Crippen LogP) is 5.13. The van der Waals surface area contributed by atoms with Gasteiger partial charge in [-0.25, -0.2) is 0 Å². The van der Waals surface area contributed by atoms with Crippen LogP contribution in [0.3, 0.4) is 0 Å². The van der Waals surface area contributed by atoms with Crippen molar-refractivity contribution in [1.82, 2.24) is 0 Å². The largest absolute Gasteiger partial charge is 0.495 e. The summed E-state index contributed by atoms with van der Waals surface area (Å²) in [6.45, 7) is 1.83. The highest BCUT2D eigenvalue weighted by Gasteiger charge is 2.18. The molecule has 0 saturated heterocycles. The molecule has 0 bridgehead atoms. The third-order valence-electron chi connectivity index (χ3n) is 3.23. The van der Waals surface area contributed by atoms with Crippen molar-refractivity contribution in [2.45, 2.75) is 17.1 Å². The number of thioether (sulfide) groups is 1. The molecule has 0 aliphatic rings. The highest BCUT2D eigenvalue weighted by atomic mass is 35.5. The lowest BCUT2D eigenvalue weighted by Crippen LogP contribution is -2.22. The molecule has 128 valence electrons. The fourth-order valence-electron chi connectivity index (χ4n) is 1.96. The van der Waals surface area contributed by atoms with Gasteiger partial charge >= 0.3 is 0 Å². The summed E-state index contributed by atoms with van der Waals surface area (Å²) < 4.78 is 10.4. The van der Waals surface area contributed by atoms with Gasteiger partial charge in [-0.2, -0.15) is 0 Å². The lowest BCUT2D eigenvalue weighted by Gasteiger charge is -2.16. The number of nitrogens with one attached hydrogen (secondary N) is 1. The molecule has 1 atom stereocenters. The summed E-state index contributed by atoms with van der Waals surface area (Å²) in [6.07, 6.45) is 0. The maximum Gasteiger partial charge on any atom is 0.237 e. The molecule has 0 spiro atoms. The van der Waals surface area contributed by atoms with Gasteiger partial charge in [-0.3, -0.25) is 4.79 Å². The Hall–Kier alpha value is -1.56. The Balaban J connectivity index is 2.10. The minimum Gasteiger partial charge on any atom is -0.495 e. The SMILES string of the molecule is COc1cc(OC)c(NC(=O)C(C)Sc2ccc(Cl)cc2)cc1Cl. The van der Waals surface area contributed by atoms with E-state index in [-0.39, 0.29) is 11.2 Å². The molecule has 0 fully saturated rings. The molecule has 2 aromatic carbocycles. The van der Waals surface area contributed by atoms with E-state index in [0.29, 0.717) is 27.2 Å². The first-order valence-corrected chi connectivity index (χ1v) is 8.72. The van der Waals surface area contributed by atoms with Crippen LogP contribution in [0.2, 0.25) is 10.0 Å². The van der Waals surface area contributed by atoms with Gasteiger partial charge in [0.15, 0.2) is 0 Å². The molecular formula is C17H17Cl2NO3S. The second-order valence-corrected chi connectivity index (χ2v) is 7.15. The molecule has 1 N–H and O–H groups in total. The molecule has 0 radical (unpaired) electrons. The van der Waals surface area contributed by atoms with Crippen molar-refractivity contribution in [3.63, 3.8) is 0 Å². The number of hydrogen-bond donors (Lipinski definition) is 1. The standard InChI is InChI=1S/C17H17Cl2NO3S/c1-10(24-12-6-4-11(18)5-7-12)17(21)20-14-8-13(19)15(22-2)9-16(14)23-3/h4-10H,1-3H3,(H,20,21). The van der Waals surface area contributed by atoms with Crippen molar-refractivity contribution in [1.29, 1.82) is 0 Å². The first-order chi connectivity index (χ1) is 11.4. The molecule has 1 amide bonds. The molecule has 4 nitrogen and oxygen atoms in total. The number of anilines is 1. The van der Waals surface area contributed by atoms with Gasteiger partial charge in [0.2, 0.25) is 5.91 Å². The second kappa shape index (κ2) is 8.51. The molecule has 0 aliphatic carbocycles. The number of halogens is 2. The Kier molecular flexibility index (Phi) is 6.66. The Morgan fingerprint density at radius 3 is 2.29 bits per heavy atom. The van der Waals surface area contributed by atoms with E-state index in [4.69, 9.17) is 32.7 Å². The first kappa shape index (κ1) is 18.8. The van der Waals surface area contributed by atoms with Gasteiger partial charge in [0.05, 0.1) is 30.2 Å². The van der Waals surface area contributed by atoms with E-state index in [1.54, 1.807) is 24.3 Å². The molecule has 1 unspecified atom stereocenters. The molecule has 0 heterocycles. The quantitative estimate of drug-likeness (QED) is 0.700. The highest BCUT2D eigenvalue weighted by Crippen LogP contribution is 2.36. The topological polar surface area (TPSA) is 47.6 Å². The molecule has 2 aromatic rings. The van der Waals surface area contributed by atoms with E-state index in [2.05, 4.69) is 5.32 Å². The normalized spacial score (nSPS) is 11.7. The van der Waals surface area contributed by atoms with Crippen LogP contribution in [0.1, 0.15) is 6.92 Å². The van der Waals surface area contributed by atoms with Crippen LogP contribution in [0.5, 0.6) is 11.5 Å². The van der Waals surface area contributed by atoms with Crippen molar-refractivity contribution < 1.29 is 14.3 Å². The number of hydrogen-bond acceptors (Lipinski definition) is 4. The number of carbonyl (C=O) groups excluding carboxylic acids is 1. The maximum absolute atomic E-state index is 12.4. The average molecular weight is 386 g/mol. The Morgan fingerprint density at radius 1 is 1.08 bits per heavy atom. The fraction of sp³-hybridized carbons (Fsp3) is 0.235. The van der Waals surface area contributed by atoms with Crippen molar-refractivity contribution >= 4 is 46.6 Å². The van der Waals surface area contributed by atoms with E-state index in [1.807, 2.05) is 19.1 Å². The van der Waals surface area contributed by atoms with Gasteiger partial charge in [-0.05, 0) is 37.3 Å². The predicted molar refractivity (Wildman–Crippen MR) is 100.0 cm³/mol.